The van der Waals surface area contributed by atoms with Crippen LogP contribution in [-0.4, -0.2) is 25.2 Å². The number of nitrogens with one attached hydrogen (secondary N) is 1. The Morgan fingerprint density at radius 3 is 2.82 bits per heavy atom. The van der Waals surface area contributed by atoms with Gasteiger partial charge in [-0.15, -0.1) is 11.8 Å². The van der Waals surface area contributed by atoms with Gasteiger partial charge in [-0.25, -0.2) is 0 Å². The van der Waals surface area contributed by atoms with E-state index in [1.807, 2.05) is 12.3 Å². The van der Waals surface area contributed by atoms with Crippen molar-refractivity contribution in [3.8, 4) is 0 Å². The van der Waals surface area contributed by atoms with Gasteiger partial charge >= 0.3 is 0 Å². The van der Waals surface area contributed by atoms with Crippen LogP contribution in [0.5, 0.6) is 0 Å². The van der Waals surface area contributed by atoms with Crippen molar-refractivity contribution >= 4 is 23.3 Å². The number of rotatable bonds is 3. The summed E-state index contributed by atoms with van der Waals surface area (Å²) in [5, 5.41) is 7.77. The van der Waals surface area contributed by atoms with Crippen LogP contribution in [-0.2, 0) is 0 Å². The van der Waals surface area contributed by atoms with Crippen molar-refractivity contribution in [3.05, 3.63) is 23.8 Å². The van der Waals surface area contributed by atoms with E-state index >= 15 is 0 Å². The fourth-order valence-corrected chi connectivity index (χ4v) is 3.01. The first-order valence-corrected chi connectivity index (χ1v) is 7.12. The van der Waals surface area contributed by atoms with E-state index in [1.165, 1.54) is 6.42 Å². The molecule has 0 aliphatic carbocycles. The highest BCUT2D eigenvalue weighted by molar-refractivity contribution is 7.98. The number of anilines is 1. The van der Waals surface area contributed by atoms with Crippen molar-refractivity contribution in [3.63, 3.8) is 0 Å². The highest BCUT2D eigenvalue weighted by Gasteiger charge is 2.22. The molecule has 2 rings (SSSR count). The number of nitrogens with two attached hydrogens (primary N) is 1. The van der Waals surface area contributed by atoms with E-state index in [9.17, 15) is 0 Å². The quantitative estimate of drug-likeness (QED) is 0.492. The molecule has 0 saturated carbocycles. The average Bonchev–Trinajstić information content (AvgIpc) is 2.74. The molecule has 92 valence electrons. The Morgan fingerprint density at radius 1 is 1.53 bits per heavy atom. The average molecular weight is 249 g/mol. The molecule has 1 atom stereocenters. The van der Waals surface area contributed by atoms with Gasteiger partial charge in [0.15, 0.2) is 0 Å². The Hall–Kier alpha value is -1.16. The minimum Gasteiger partial charge on any atom is -0.384 e. The number of nitrogens with zero attached hydrogens (tertiary/aromatic N) is 1. The Balaban J connectivity index is 2.42. The van der Waals surface area contributed by atoms with Gasteiger partial charge in [-0.05, 0) is 30.7 Å². The summed E-state index contributed by atoms with van der Waals surface area (Å²) in [6.07, 6.45) is 3.25. The summed E-state index contributed by atoms with van der Waals surface area (Å²) in [4.78, 5) is 3.44. The zero-order valence-electron chi connectivity index (χ0n) is 10.4. The minimum absolute atomic E-state index is 0.171. The van der Waals surface area contributed by atoms with Crippen LogP contribution in [0, 0.1) is 11.3 Å². The van der Waals surface area contributed by atoms with Crippen molar-refractivity contribution in [2.24, 2.45) is 11.7 Å². The fraction of sp³-hybridized carbons (Fsp3) is 0.462. The van der Waals surface area contributed by atoms with Crippen molar-refractivity contribution < 1.29 is 0 Å². The summed E-state index contributed by atoms with van der Waals surface area (Å²) >= 11 is 1.65. The predicted octanol–water partition coefficient (Wildman–Crippen LogP) is 2.54. The van der Waals surface area contributed by atoms with E-state index in [2.05, 4.69) is 24.0 Å². The molecule has 1 aromatic rings. The summed E-state index contributed by atoms with van der Waals surface area (Å²) in [5.74, 6) is 0.900. The summed E-state index contributed by atoms with van der Waals surface area (Å²) in [6.45, 7) is 4.41. The molecule has 4 heteroatoms. The molecule has 17 heavy (non-hydrogen) atoms. The minimum atomic E-state index is 0.171. The van der Waals surface area contributed by atoms with Gasteiger partial charge in [-0.2, -0.15) is 0 Å². The van der Waals surface area contributed by atoms with Gasteiger partial charge < -0.3 is 10.6 Å². The number of nitrogen functional groups attached to an aromatic ring is 1. The third-order valence-electron chi connectivity index (χ3n) is 3.26. The van der Waals surface area contributed by atoms with Gasteiger partial charge in [-0.1, -0.05) is 13.0 Å². The van der Waals surface area contributed by atoms with Crippen LogP contribution >= 0.6 is 11.8 Å². The summed E-state index contributed by atoms with van der Waals surface area (Å²) in [6, 6.07) is 6.16. The van der Waals surface area contributed by atoms with Gasteiger partial charge in [0, 0.05) is 23.7 Å². The van der Waals surface area contributed by atoms with Crippen LogP contribution in [0.2, 0.25) is 0 Å². The molecule has 0 aromatic heterocycles. The van der Waals surface area contributed by atoms with Crippen LogP contribution in [0.3, 0.4) is 0 Å². The zero-order chi connectivity index (χ0) is 12.4. The van der Waals surface area contributed by atoms with E-state index in [0.717, 1.165) is 35.2 Å². The molecule has 0 amide bonds. The molecule has 3 nitrogen and oxygen atoms in total. The molecule has 3 N–H and O–H groups in total. The molecule has 1 fully saturated rings. The number of thioether (sulfide) groups is 1. The molecule has 0 radical (unpaired) electrons. The molecular weight excluding hydrogens is 230 g/mol. The normalized spacial score (nSPS) is 19.6. The van der Waals surface area contributed by atoms with Gasteiger partial charge in [0.25, 0.3) is 0 Å². The largest absolute Gasteiger partial charge is 0.384 e. The summed E-state index contributed by atoms with van der Waals surface area (Å²) in [5.41, 5.74) is 7.75. The Labute approximate surface area is 107 Å². The molecule has 0 bridgehead atoms. The van der Waals surface area contributed by atoms with Crippen LogP contribution in [0.1, 0.15) is 18.9 Å². The third kappa shape index (κ3) is 2.41. The number of benzene rings is 1. The van der Waals surface area contributed by atoms with Gasteiger partial charge in [0.1, 0.15) is 5.84 Å². The first kappa shape index (κ1) is 12.3. The lowest BCUT2D eigenvalue weighted by atomic mass is 10.1. The molecule has 1 unspecified atom stereocenters. The Kier molecular flexibility index (Phi) is 3.62. The molecule has 1 aliphatic rings. The second kappa shape index (κ2) is 5.00. The van der Waals surface area contributed by atoms with Crippen molar-refractivity contribution in [1.29, 1.82) is 5.41 Å². The topological polar surface area (TPSA) is 53.1 Å². The number of hydrogen-bond donors (Lipinski definition) is 2. The van der Waals surface area contributed by atoms with Crippen LogP contribution < -0.4 is 10.6 Å². The summed E-state index contributed by atoms with van der Waals surface area (Å²) in [7, 11) is 0. The fourth-order valence-electron chi connectivity index (χ4n) is 2.38. The predicted molar refractivity (Wildman–Crippen MR) is 75.2 cm³/mol. The highest BCUT2D eigenvalue weighted by Crippen LogP contribution is 2.32. The van der Waals surface area contributed by atoms with Gasteiger partial charge in [0.05, 0.1) is 5.56 Å². The molecule has 1 heterocycles. The van der Waals surface area contributed by atoms with E-state index < -0.39 is 0 Å². The maximum Gasteiger partial charge on any atom is 0.126 e. The standard InChI is InChI=1S/C13H19N3S/c1-9-6-7-16(8-9)10-4-3-5-11(17-2)12(10)13(14)15/h3-5,9H,6-8H2,1-2H3,(H3,14,15). The number of hydrogen-bond acceptors (Lipinski definition) is 3. The van der Waals surface area contributed by atoms with Crippen molar-refractivity contribution in [2.45, 2.75) is 18.2 Å². The number of amidine groups is 1. The zero-order valence-corrected chi connectivity index (χ0v) is 11.2. The Bertz CT molecular complexity index is 431. The maximum absolute atomic E-state index is 7.77. The van der Waals surface area contributed by atoms with E-state index in [1.54, 1.807) is 11.8 Å². The van der Waals surface area contributed by atoms with Crippen LogP contribution in [0.4, 0.5) is 5.69 Å². The lowest BCUT2D eigenvalue weighted by Crippen LogP contribution is -2.24. The highest BCUT2D eigenvalue weighted by atomic mass is 32.2. The lowest BCUT2D eigenvalue weighted by Gasteiger charge is -2.22. The smallest absolute Gasteiger partial charge is 0.126 e. The van der Waals surface area contributed by atoms with Crippen molar-refractivity contribution in [1.82, 2.24) is 0 Å². The van der Waals surface area contributed by atoms with Gasteiger partial charge in [-0.3, -0.25) is 5.41 Å². The lowest BCUT2D eigenvalue weighted by molar-refractivity contribution is 0.659. The molecule has 0 spiro atoms. The molecule has 1 saturated heterocycles. The Morgan fingerprint density at radius 2 is 2.29 bits per heavy atom. The van der Waals surface area contributed by atoms with E-state index in [4.69, 9.17) is 11.1 Å². The monoisotopic (exact) mass is 249 g/mol. The van der Waals surface area contributed by atoms with E-state index in [-0.39, 0.29) is 5.84 Å². The SMILES string of the molecule is CSc1cccc(N2CCC(C)C2)c1C(=N)N. The van der Waals surface area contributed by atoms with E-state index in [0.29, 0.717) is 0 Å². The third-order valence-corrected chi connectivity index (χ3v) is 4.04. The van der Waals surface area contributed by atoms with Crippen LogP contribution in [0.15, 0.2) is 23.1 Å². The second-order valence-electron chi connectivity index (χ2n) is 4.61. The molecule has 1 aromatic carbocycles. The maximum atomic E-state index is 7.77. The summed E-state index contributed by atoms with van der Waals surface area (Å²) < 4.78 is 0. The second-order valence-corrected chi connectivity index (χ2v) is 5.46. The van der Waals surface area contributed by atoms with Gasteiger partial charge in [0.2, 0.25) is 0 Å². The first-order valence-electron chi connectivity index (χ1n) is 5.89. The first-order chi connectivity index (χ1) is 8.13. The van der Waals surface area contributed by atoms with Crippen molar-refractivity contribution in [2.75, 3.05) is 24.2 Å². The molecular formula is C13H19N3S. The van der Waals surface area contributed by atoms with Crippen LogP contribution in [0.25, 0.3) is 0 Å². The molecule has 1 aliphatic heterocycles.